The molecule has 1 saturated heterocycles. The summed E-state index contributed by atoms with van der Waals surface area (Å²) in [6.07, 6.45) is 1.82. The number of aromatic nitrogens is 3. The highest BCUT2D eigenvalue weighted by molar-refractivity contribution is 5.78. The number of piperazine rings is 1. The first-order chi connectivity index (χ1) is 12.6. The number of anilines is 1. The van der Waals surface area contributed by atoms with Crippen LogP contribution in [0.2, 0.25) is 0 Å². The van der Waals surface area contributed by atoms with Crippen molar-refractivity contribution in [2.45, 2.75) is 13.8 Å². The number of benzene rings is 1. The number of imidazole rings is 1. The third-order valence-corrected chi connectivity index (χ3v) is 4.83. The molecule has 1 aromatic carbocycles. The molecule has 0 atom stereocenters. The van der Waals surface area contributed by atoms with Gasteiger partial charge in [-0.05, 0) is 24.3 Å². The van der Waals surface area contributed by atoms with Gasteiger partial charge in [0.25, 0.3) is 0 Å². The van der Waals surface area contributed by atoms with E-state index >= 15 is 0 Å². The van der Waals surface area contributed by atoms with Crippen LogP contribution in [0.1, 0.15) is 13.8 Å². The van der Waals surface area contributed by atoms with Crippen LogP contribution in [0.3, 0.4) is 0 Å². The lowest BCUT2D eigenvalue weighted by Crippen LogP contribution is -2.50. The van der Waals surface area contributed by atoms with E-state index in [1.54, 1.807) is 0 Å². The van der Waals surface area contributed by atoms with Crippen LogP contribution in [0.25, 0.3) is 16.9 Å². The van der Waals surface area contributed by atoms with Gasteiger partial charge in [0.05, 0.1) is 11.0 Å². The quantitative estimate of drug-likeness (QED) is 0.730. The second kappa shape index (κ2) is 6.78. The number of hydrogen-bond donors (Lipinski definition) is 0. The summed E-state index contributed by atoms with van der Waals surface area (Å²) >= 11 is 0. The predicted molar refractivity (Wildman–Crippen MR) is 102 cm³/mol. The summed E-state index contributed by atoms with van der Waals surface area (Å²) in [6, 6.07) is 14.1. The van der Waals surface area contributed by atoms with Crippen molar-refractivity contribution in [1.82, 2.24) is 19.4 Å². The molecule has 1 aliphatic heterocycles. The molecule has 6 nitrogen and oxygen atoms in total. The first-order valence-corrected chi connectivity index (χ1v) is 9.07. The highest BCUT2D eigenvalue weighted by Crippen LogP contribution is 2.20. The largest absolute Gasteiger partial charge is 0.353 e. The molecule has 0 radical (unpaired) electrons. The molecule has 1 amide bonds. The van der Waals surface area contributed by atoms with E-state index in [4.69, 9.17) is 4.98 Å². The highest BCUT2D eigenvalue weighted by atomic mass is 16.2. The summed E-state index contributed by atoms with van der Waals surface area (Å²) in [4.78, 5) is 25.6. The minimum atomic E-state index is 0.0533. The summed E-state index contributed by atoms with van der Waals surface area (Å²) in [7, 11) is 0. The number of carbonyl (C=O) groups excluding carboxylic acids is 1. The van der Waals surface area contributed by atoms with E-state index in [0.29, 0.717) is 0 Å². The first-order valence-electron chi connectivity index (χ1n) is 9.07. The average Bonchev–Trinajstić information content (AvgIpc) is 3.12. The minimum Gasteiger partial charge on any atom is -0.353 e. The zero-order chi connectivity index (χ0) is 18.1. The SMILES string of the molecule is CC(C)C(=O)N1CCN(c2cccc(-n3cnc4ccccc43)n2)CC1. The van der Waals surface area contributed by atoms with Crippen LogP contribution < -0.4 is 4.90 Å². The van der Waals surface area contributed by atoms with Gasteiger partial charge in [-0.15, -0.1) is 0 Å². The fourth-order valence-corrected chi connectivity index (χ4v) is 3.39. The molecular formula is C20H23N5O. The number of hydrogen-bond acceptors (Lipinski definition) is 4. The molecule has 0 bridgehead atoms. The topological polar surface area (TPSA) is 54.3 Å². The van der Waals surface area contributed by atoms with Crippen LogP contribution in [-0.2, 0) is 4.79 Å². The maximum Gasteiger partial charge on any atom is 0.225 e. The number of para-hydroxylation sites is 2. The Kier molecular flexibility index (Phi) is 4.32. The van der Waals surface area contributed by atoms with E-state index in [0.717, 1.165) is 48.8 Å². The maximum absolute atomic E-state index is 12.2. The fourth-order valence-electron chi connectivity index (χ4n) is 3.39. The Morgan fingerprint density at radius 2 is 1.69 bits per heavy atom. The Balaban J connectivity index is 1.55. The third kappa shape index (κ3) is 3.03. The van der Waals surface area contributed by atoms with Crippen molar-refractivity contribution in [1.29, 1.82) is 0 Å². The Bertz CT molecular complexity index is 925. The molecule has 0 saturated carbocycles. The van der Waals surface area contributed by atoms with Crippen LogP contribution >= 0.6 is 0 Å². The van der Waals surface area contributed by atoms with Gasteiger partial charge in [-0.1, -0.05) is 32.0 Å². The summed E-state index contributed by atoms with van der Waals surface area (Å²) in [5, 5.41) is 0. The van der Waals surface area contributed by atoms with Crippen molar-refractivity contribution in [3.63, 3.8) is 0 Å². The molecule has 1 fully saturated rings. The first kappa shape index (κ1) is 16.6. The van der Waals surface area contributed by atoms with Crippen molar-refractivity contribution in [2.24, 2.45) is 5.92 Å². The van der Waals surface area contributed by atoms with Gasteiger partial charge in [-0.2, -0.15) is 0 Å². The third-order valence-electron chi connectivity index (χ3n) is 4.83. The van der Waals surface area contributed by atoms with E-state index in [1.807, 2.05) is 72.1 Å². The van der Waals surface area contributed by atoms with E-state index in [1.165, 1.54) is 0 Å². The van der Waals surface area contributed by atoms with E-state index in [9.17, 15) is 4.79 Å². The van der Waals surface area contributed by atoms with Crippen LogP contribution in [0, 0.1) is 5.92 Å². The number of carbonyl (C=O) groups is 1. The van der Waals surface area contributed by atoms with Crippen molar-refractivity contribution in [3.05, 3.63) is 48.8 Å². The molecular weight excluding hydrogens is 326 g/mol. The van der Waals surface area contributed by atoms with Crippen molar-refractivity contribution >= 4 is 22.8 Å². The molecule has 3 aromatic rings. The lowest BCUT2D eigenvalue weighted by Gasteiger charge is -2.36. The lowest BCUT2D eigenvalue weighted by molar-refractivity contribution is -0.134. The summed E-state index contributed by atoms with van der Waals surface area (Å²) in [5.41, 5.74) is 2.00. The zero-order valence-electron chi connectivity index (χ0n) is 15.2. The number of pyridine rings is 1. The second-order valence-corrected chi connectivity index (χ2v) is 6.92. The van der Waals surface area contributed by atoms with E-state index in [2.05, 4.69) is 9.88 Å². The average molecular weight is 349 g/mol. The Labute approximate surface area is 153 Å². The van der Waals surface area contributed by atoms with Gasteiger partial charge in [-0.3, -0.25) is 9.36 Å². The van der Waals surface area contributed by atoms with Crippen molar-refractivity contribution in [2.75, 3.05) is 31.1 Å². The van der Waals surface area contributed by atoms with Crippen LogP contribution in [0.5, 0.6) is 0 Å². The van der Waals surface area contributed by atoms with Crippen LogP contribution in [0.15, 0.2) is 48.8 Å². The van der Waals surface area contributed by atoms with Gasteiger partial charge >= 0.3 is 0 Å². The molecule has 2 aromatic heterocycles. The number of amides is 1. The molecule has 0 aliphatic carbocycles. The van der Waals surface area contributed by atoms with Gasteiger partial charge in [0, 0.05) is 32.1 Å². The van der Waals surface area contributed by atoms with Crippen molar-refractivity contribution in [3.8, 4) is 5.82 Å². The van der Waals surface area contributed by atoms with Gasteiger partial charge in [0.2, 0.25) is 5.91 Å². The number of rotatable bonds is 3. The summed E-state index contributed by atoms with van der Waals surface area (Å²) in [6.45, 7) is 7.01. The molecule has 6 heteroatoms. The minimum absolute atomic E-state index is 0.0533. The monoisotopic (exact) mass is 349 g/mol. The Morgan fingerprint density at radius 3 is 2.46 bits per heavy atom. The molecule has 134 valence electrons. The van der Waals surface area contributed by atoms with Crippen LogP contribution in [0.4, 0.5) is 5.82 Å². The van der Waals surface area contributed by atoms with Gasteiger partial charge in [0.15, 0.2) is 0 Å². The molecule has 0 spiro atoms. The molecule has 0 N–H and O–H groups in total. The maximum atomic E-state index is 12.2. The Morgan fingerprint density at radius 1 is 0.962 bits per heavy atom. The number of fused-ring (bicyclic) bond motifs is 1. The van der Waals surface area contributed by atoms with Gasteiger partial charge in [0.1, 0.15) is 18.0 Å². The van der Waals surface area contributed by atoms with Gasteiger partial charge < -0.3 is 9.80 Å². The van der Waals surface area contributed by atoms with Crippen LogP contribution in [-0.4, -0.2) is 51.5 Å². The van der Waals surface area contributed by atoms with E-state index < -0.39 is 0 Å². The molecule has 1 aliphatic rings. The predicted octanol–water partition coefficient (Wildman–Crippen LogP) is 2.73. The van der Waals surface area contributed by atoms with Gasteiger partial charge in [-0.25, -0.2) is 9.97 Å². The molecule has 26 heavy (non-hydrogen) atoms. The normalized spacial score (nSPS) is 15.0. The zero-order valence-corrected chi connectivity index (χ0v) is 15.2. The second-order valence-electron chi connectivity index (χ2n) is 6.92. The fraction of sp³-hybridized carbons (Fsp3) is 0.350. The Hall–Kier alpha value is -2.89. The summed E-state index contributed by atoms with van der Waals surface area (Å²) in [5.74, 6) is 2.09. The lowest BCUT2D eigenvalue weighted by atomic mass is 10.1. The number of nitrogens with zero attached hydrogens (tertiary/aromatic N) is 5. The molecule has 4 rings (SSSR count). The smallest absolute Gasteiger partial charge is 0.225 e. The highest BCUT2D eigenvalue weighted by Gasteiger charge is 2.23. The molecule has 3 heterocycles. The van der Waals surface area contributed by atoms with Crippen molar-refractivity contribution < 1.29 is 4.79 Å². The van der Waals surface area contributed by atoms with E-state index in [-0.39, 0.29) is 11.8 Å². The molecule has 0 unspecified atom stereocenters. The standard InChI is InChI=1S/C20H23N5O/c1-15(2)20(26)24-12-10-23(11-13-24)18-8-5-9-19(22-18)25-14-21-16-6-3-4-7-17(16)25/h3-9,14-15H,10-13H2,1-2H3. The summed E-state index contributed by atoms with van der Waals surface area (Å²) < 4.78 is 2.01.